The van der Waals surface area contributed by atoms with Gasteiger partial charge in [0.15, 0.2) is 0 Å². The lowest BCUT2D eigenvalue weighted by atomic mass is 9.97. The van der Waals surface area contributed by atoms with Crippen molar-refractivity contribution in [3.8, 4) is 0 Å². The van der Waals surface area contributed by atoms with Crippen molar-refractivity contribution in [1.82, 2.24) is 24.9 Å². The molecule has 1 atom stereocenters. The number of likely N-dealkylation sites (tertiary alicyclic amines) is 1. The Morgan fingerprint density at radius 3 is 2.72 bits per heavy atom. The van der Waals surface area contributed by atoms with Gasteiger partial charge in [0.25, 0.3) is 0 Å². The lowest BCUT2D eigenvalue weighted by Crippen LogP contribution is -2.58. The second-order valence-corrected chi connectivity index (χ2v) is 8.49. The third kappa shape index (κ3) is 5.57. The van der Waals surface area contributed by atoms with E-state index < -0.39 is 0 Å². The smallest absolute Gasteiger partial charge is 0.356 e. The molecule has 0 aliphatic carbocycles. The molecule has 2 saturated heterocycles. The number of carbonyl (C=O) groups is 1. The van der Waals surface area contributed by atoms with Crippen molar-refractivity contribution in [2.75, 3.05) is 45.9 Å². The molecule has 164 valence electrons. The Labute approximate surface area is 174 Å². The van der Waals surface area contributed by atoms with E-state index in [0.717, 1.165) is 44.7 Å². The zero-order valence-electron chi connectivity index (χ0n) is 18.1. The summed E-state index contributed by atoms with van der Waals surface area (Å²) in [5.74, 6) is -0.345. The molecular formula is C21H37N5O3. The lowest BCUT2D eigenvalue weighted by molar-refractivity contribution is -0.000138. The van der Waals surface area contributed by atoms with Crippen molar-refractivity contribution in [2.45, 2.75) is 64.7 Å². The van der Waals surface area contributed by atoms with Crippen LogP contribution in [0.5, 0.6) is 0 Å². The third-order valence-electron chi connectivity index (χ3n) is 6.36. The molecule has 8 nitrogen and oxygen atoms in total. The van der Waals surface area contributed by atoms with E-state index in [1.54, 1.807) is 13.1 Å². The van der Waals surface area contributed by atoms with E-state index in [-0.39, 0.29) is 12.6 Å². The van der Waals surface area contributed by atoms with E-state index in [1.165, 1.54) is 12.8 Å². The topological polar surface area (TPSA) is 84.9 Å². The number of esters is 1. The van der Waals surface area contributed by atoms with Gasteiger partial charge in [0, 0.05) is 56.5 Å². The highest BCUT2D eigenvalue weighted by Gasteiger charge is 2.34. The molecule has 2 aliphatic rings. The fraction of sp³-hybridized carbons (Fsp3) is 0.810. The highest BCUT2D eigenvalue weighted by Crippen LogP contribution is 2.25. The van der Waals surface area contributed by atoms with Gasteiger partial charge in [-0.2, -0.15) is 5.10 Å². The average Bonchev–Trinajstić information content (AvgIpc) is 3.17. The van der Waals surface area contributed by atoms with Crippen LogP contribution in [0, 0.1) is 0 Å². The second-order valence-electron chi connectivity index (χ2n) is 8.49. The second kappa shape index (κ2) is 10.5. The number of aromatic amines is 1. The predicted molar refractivity (Wildman–Crippen MR) is 112 cm³/mol. The van der Waals surface area contributed by atoms with E-state index in [0.29, 0.717) is 37.0 Å². The summed E-state index contributed by atoms with van der Waals surface area (Å²) in [6.45, 7) is 12.8. The number of ether oxygens (including phenoxy) is 1. The molecule has 1 aromatic rings. The Morgan fingerprint density at radius 2 is 2.07 bits per heavy atom. The van der Waals surface area contributed by atoms with Crippen molar-refractivity contribution in [1.29, 1.82) is 0 Å². The van der Waals surface area contributed by atoms with Crippen molar-refractivity contribution in [3.63, 3.8) is 0 Å². The number of nitrogens with zero attached hydrogens (tertiary/aromatic N) is 4. The third-order valence-corrected chi connectivity index (χ3v) is 6.36. The lowest BCUT2D eigenvalue weighted by Gasteiger charge is -2.48. The van der Waals surface area contributed by atoms with Gasteiger partial charge in [0.1, 0.15) is 5.69 Å². The van der Waals surface area contributed by atoms with E-state index in [4.69, 9.17) is 4.74 Å². The fourth-order valence-corrected chi connectivity index (χ4v) is 4.75. The largest absolute Gasteiger partial charge is 0.461 e. The molecule has 29 heavy (non-hydrogen) atoms. The number of hydrogen-bond acceptors (Lipinski definition) is 7. The normalized spacial score (nSPS) is 23.0. The van der Waals surface area contributed by atoms with Gasteiger partial charge in [-0.05, 0) is 53.1 Å². The van der Waals surface area contributed by atoms with Crippen LogP contribution in [0.3, 0.4) is 0 Å². The SMILES string of the molecule is CCOC(=O)c1[nH]ncc1CN1CCN(C2CCN(C(C)C)CC2)C(CCO)C1. The maximum atomic E-state index is 12.1. The van der Waals surface area contributed by atoms with Crippen LogP contribution in [0.25, 0.3) is 0 Å². The molecule has 2 fully saturated rings. The van der Waals surface area contributed by atoms with Crippen LogP contribution in [-0.2, 0) is 11.3 Å². The Kier molecular flexibility index (Phi) is 8.06. The number of aromatic nitrogens is 2. The monoisotopic (exact) mass is 407 g/mol. The highest BCUT2D eigenvalue weighted by atomic mass is 16.5. The summed E-state index contributed by atoms with van der Waals surface area (Å²) in [4.78, 5) is 19.7. The van der Waals surface area contributed by atoms with Crippen LogP contribution in [0.4, 0.5) is 0 Å². The zero-order chi connectivity index (χ0) is 20.8. The molecule has 2 aliphatic heterocycles. The molecule has 8 heteroatoms. The average molecular weight is 408 g/mol. The Bertz CT molecular complexity index is 642. The van der Waals surface area contributed by atoms with Crippen LogP contribution < -0.4 is 0 Å². The number of aliphatic hydroxyl groups excluding tert-OH is 1. The fourth-order valence-electron chi connectivity index (χ4n) is 4.75. The summed E-state index contributed by atoms with van der Waals surface area (Å²) in [5.41, 5.74) is 1.33. The van der Waals surface area contributed by atoms with Crippen molar-refractivity contribution < 1.29 is 14.6 Å². The molecule has 0 bridgehead atoms. The van der Waals surface area contributed by atoms with E-state index in [9.17, 15) is 9.90 Å². The number of rotatable bonds is 8. The number of nitrogens with one attached hydrogen (secondary N) is 1. The van der Waals surface area contributed by atoms with Crippen molar-refractivity contribution in [3.05, 3.63) is 17.5 Å². The van der Waals surface area contributed by atoms with E-state index in [2.05, 4.69) is 38.7 Å². The number of aliphatic hydroxyl groups is 1. The number of H-pyrrole nitrogens is 1. The first-order valence-electron chi connectivity index (χ1n) is 11.1. The molecule has 3 rings (SSSR count). The predicted octanol–water partition coefficient (Wildman–Crippen LogP) is 1.33. The summed E-state index contributed by atoms with van der Waals surface area (Å²) in [6.07, 6.45) is 4.92. The van der Waals surface area contributed by atoms with Gasteiger partial charge in [-0.25, -0.2) is 4.79 Å². The van der Waals surface area contributed by atoms with Gasteiger partial charge in [0.05, 0.1) is 12.8 Å². The molecule has 0 amide bonds. The van der Waals surface area contributed by atoms with Gasteiger partial charge in [-0.1, -0.05) is 0 Å². The summed E-state index contributed by atoms with van der Waals surface area (Å²) >= 11 is 0. The minimum absolute atomic E-state index is 0.208. The van der Waals surface area contributed by atoms with Crippen LogP contribution in [0.15, 0.2) is 6.20 Å². The highest BCUT2D eigenvalue weighted by molar-refractivity contribution is 5.88. The quantitative estimate of drug-likeness (QED) is 0.629. The summed E-state index contributed by atoms with van der Waals surface area (Å²) < 4.78 is 5.12. The Morgan fingerprint density at radius 1 is 1.31 bits per heavy atom. The van der Waals surface area contributed by atoms with Gasteiger partial charge >= 0.3 is 5.97 Å². The summed E-state index contributed by atoms with van der Waals surface area (Å²) in [7, 11) is 0. The minimum Gasteiger partial charge on any atom is -0.461 e. The van der Waals surface area contributed by atoms with E-state index in [1.807, 2.05) is 0 Å². The van der Waals surface area contributed by atoms with Crippen LogP contribution in [-0.4, -0.2) is 100 Å². The molecule has 3 heterocycles. The van der Waals surface area contributed by atoms with E-state index >= 15 is 0 Å². The maximum Gasteiger partial charge on any atom is 0.356 e. The van der Waals surface area contributed by atoms with Crippen LogP contribution >= 0.6 is 0 Å². The first kappa shape index (κ1) is 22.2. The number of piperazine rings is 1. The number of hydrogen-bond donors (Lipinski definition) is 2. The van der Waals surface area contributed by atoms with Gasteiger partial charge in [-0.15, -0.1) is 0 Å². The summed E-state index contributed by atoms with van der Waals surface area (Å²) in [5, 5.41) is 16.5. The Hall–Kier alpha value is -1.48. The molecule has 1 unspecified atom stereocenters. The minimum atomic E-state index is -0.345. The molecule has 0 aromatic carbocycles. The maximum absolute atomic E-state index is 12.1. The Balaban J connectivity index is 1.59. The van der Waals surface area contributed by atoms with Crippen molar-refractivity contribution >= 4 is 5.97 Å². The molecule has 2 N–H and O–H groups in total. The van der Waals surface area contributed by atoms with Crippen LogP contribution in [0.1, 0.15) is 56.1 Å². The molecule has 0 saturated carbocycles. The summed E-state index contributed by atoms with van der Waals surface area (Å²) in [6, 6.07) is 1.57. The van der Waals surface area contributed by atoms with Crippen molar-refractivity contribution in [2.24, 2.45) is 0 Å². The van der Waals surface area contributed by atoms with Gasteiger partial charge in [-0.3, -0.25) is 14.9 Å². The number of carbonyl (C=O) groups excluding carboxylic acids is 1. The van der Waals surface area contributed by atoms with Crippen LogP contribution in [0.2, 0.25) is 0 Å². The number of piperidine rings is 1. The van der Waals surface area contributed by atoms with Gasteiger partial charge in [0.2, 0.25) is 0 Å². The molecule has 0 spiro atoms. The zero-order valence-corrected chi connectivity index (χ0v) is 18.1. The van der Waals surface area contributed by atoms with Gasteiger partial charge < -0.3 is 14.7 Å². The first-order chi connectivity index (χ1) is 14.0. The standard InChI is InChI=1S/C21H37N5O3/c1-4-29-21(28)20-17(13-22-23-20)14-24-10-11-26(19(15-24)7-12-27)18-5-8-25(9-6-18)16(2)3/h13,16,18-19,27H,4-12,14-15H2,1-3H3,(H,22,23). The molecule has 1 aromatic heterocycles. The molecule has 0 radical (unpaired) electrons. The molecular weight excluding hydrogens is 370 g/mol. The first-order valence-corrected chi connectivity index (χ1v) is 11.1.